The fraction of sp³-hybridized carbons (Fsp3) is 0.667. The Morgan fingerprint density at radius 3 is 2.46 bits per heavy atom. The lowest BCUT2D eigenvalue weighted by Gasteiger charge is -2.26. The molecule has 0 unspecified atom stereocenters. The van der Waals surface area contributed by atoms with Gasteiger partial charge >= 0.3 is 20.6 Å². The van der Waals surface area contributed by atoms with Gasteiger partial charge < -0.3 is 7.58 Å². The molecule has 3 nitrogen and oxygen atoms in total. The predicted molar refractivity (Wildman–Crippen MR) is 55.3 cm³/mol. The minimum Gasteiger partial charge on any atom is -0.799 e. The molecule has 0 saturated carbocycles. The third-order valence-corrected chi connectivity index (χ3v) is 2.87. The highest BCUT2D eigenvalue weighted by molar-refractivity contribution is 6.42. The lowest BCUT2D eigenvalue weighted by molar-refractivity contribution is 0.249. The van der Waals surface area contributed by atoms with Crippen LogP contribution < -0.4 is 0 Å². The van der Waals surface area contributed by atoms with Crippen molar-refractivity contribution in [2.24, 2.45) is 0 Å². The summed E-state index contributed by atoms with van der Waals surface area (Å²) in [6.45, 7) is 6.26. The van der Waals surface area contributed by atoms with E-state index in [4.69, 9.17) is 12.4 Å². The molecule has 4 heteroatoms. The highest BCUT2D eigenvalue weighted by Gasteiger charge is 2.03. The third kappa shape index (κ3) is 6.83. The van der Waals surface area contributed by atoms with Crippen molar-refractivity contribution in [3.05, 3.63) is 11.8 Å². The molecule has 0 aromatic heterocycles. The summed E-state index contributed by atoms with van der Waals surface area (Å²) in [6.07, 6.45) is 2.42. The molecule has 0 aliphatic rings. The van der Waals surface area contributed by atoms with Crippen LogP contribution in [0.4, 0.5) is 0 Å². The van der Waals surface area contributed by atoms with E-state index in [1.54, 1.807) is 13.0 Å². The van der Waals surface area contributed by atoms with Crippen LogP contribution in [0.2, 0.25) is 5.79 Å². The Morgan fingerprint density at radius 2 is 2.08 bits per heavy atom. The smallest absolute Gasteiger partial charge is 0.425 e. The first-order chi connectivity index (χ1) is 6.10. The molecule has 1 N–H and O–H groups in total. The van der Waals surface area contributed by atoms with Crippen molar-refractivity contribution in [3.8, 4) is 0 Å². The van der Waals surface area contributed by atoms with Crippen molar-refractivity contribution in [2.45, 2.75) is 33.0 Å². The Bertz CT molecular complexity index is 189. The van der Waals surface area contributed by atoms with Gasteiger partial charge in [0.05, 0.1) is 13.0 Å². The summed E-state index contributed by atoms with van der Waals surface area (Å²) in [5, 5.41) is 0. The third-order valence-electron chi connectivity index (χ3n) is 1.44. The molecule has 0 aromatic carbocycles. The summed E-state index contributed by atoms with van der Waals surface area (Å²) < 4.78 is 10.9. The van der Waals surface area contributed by atoms with E-state index in [-0.39, 0.29) is 5.78 Å². The number of carbonyl (C=O) groups excluding carboxylic acids is 1. The Hall–Kier alpha value is -0.298. The van der Waals surface area contributed by atoms with Crippen LogP contribution in [0, 0.1) is 0 Å². The highest BCUT2D eigenvalue weighted by Crippen LogP contribution is 2.05. The van der Waals surface area contributed by atoms with Crippen LogP contribution in [0.1, 0.15) is 27.2 Å². The van der Waals surface area contributed by atoms with E-state index in [1.165, 1.54) is 0 Å². The molecule has 0 aliphatic heterocycles. The minimum absolute atomic E-state index is 0.273. The second kappa shape index (κ2) is 7.14. The maximum absolute atomic E-state index is 9.03. The first kappa shape index (κ1) is 12.7. The van der Waals surface area contributed by atoms with Crippen molar-refractivity contribution < 1.29 is 12.4 Å². The molecule has 0 bridgehead atoms. The van der Waals surface area contributed by atoms with Crippen LogP contribution >= 0.6 is 0 Å². The van der Waals surface area contributed by atoms with E-state index in [0.29, 0.717) is 6.61 Å². The van der Waals surface area contributed by atoms with Crippen LogP contribution in [-0.2, 0) is 7.58 Å². The lowest BCUT2D eigenvalue weighted by Crippen LogP contribution is -2.18. The van der Waals surface area contributed by atoms with E-state index in [2.05, 4.69) is 0 Å². The second-order valence-electron chi connectivity index (χ2n) is 2.75. The molecule has 0 fully saturated rings. The predicted octanol–water partition coefficient (Wildman–Crippen LogP) is 2.02. The van der Waals surface area contributed by atoms with Crippen LogP contribution in [0.5, 0.6) is 0 Å². The molecule has 0 spiro atoms. The average molecular weight is 201 g/mol. The molecule has 75 valence electrons. The molecule has 0 atom stereocenters. The Balaban J connectivity index is 4.04. The van der Waals surface area contributed by atoms with Crippen LogP contribution in [0.25, 0.3) is 0 Å². The molecule has 1 radical (unpaired) electrons. The number of rotatable bonds is 6. The Kier molecular flexibility index (Phi) is 6.98. The van der Waals surface area contributed by atoms with Gasteiger partial charge in [-0.2, -0.15) is 5.79 Å². The molecular weight excluding hydrogens is 183 g/mol. The van der Waals surface area contributed by atoms with Gasteiger partial charge in [0, 0.05) is 5.76 Å². The Morgan fingerprint density at radius 1 is 1.46 bits per heavy atom. The lowest BCUT2D eigenvalue weighted by atomic mass is 10.3. The largest absolute Gasteiger partial charge is 0.799 e. The van der Waals surface area contributed by atoms with Gasteiger partial charge in [-0.25, -0.2) is 0 Å². The molecule has 0 saturated heterocycles. The summed E-state index contributed by atoms with van der Waals surface area (Å²) in [6, 6.07) is 0. The topological polar surface area (TPSA) is 39.9 Å². The van der Waals surface area contributed by atoms with Gasteiger partial charge in [0.2, 0.25) is 0 Å². The summed E-state index contributed by atoms with van der Waals surface area (Å²) in [5.41, 5.74) is 0. The molecule has 0 aliphatic carbocycles. The molecular formula is C9H18AlO3. The van der Waals surface area contributed by atoms with E-state index in [9.17, 15) is 0 Å². The number of allylic oxidation sites excluding steroid dienone is 2. The number of hydrogen-bond acceptors (Lipinski definition) is 2. The molecule has 0 amide bonds. The van der Waals surface area contributed by atoms with E-state index in [0.717, 1.165) is 12.2 Å². The standard InChI is InChI=1S/C6H10O2.C2H5O.CH3.Al/c1-3-6(8)4-5(2)7;1-2-3;;/h4,8H,3H2,1-2H3;2H2,1H3;1H3;/q;-1;;+1. The van der Waals surface area contributed by atoms with Gasteiger partial charge in [-0.1, -0.05) is 6.92 Å². The summed E-state index contributed by atoms with van der Waals surface area (Å²) in [7, 11) is 0. The molecule has 0 heterocycles. The highest BCUT2D eigenvalue weighted by atomic mass is 27.2. The summed E-state index contributed by atoms with van der Waals surface area (Å²) >= 11 is -1.53. The van der Waals surface area contributed by atoms with E-state index < -0.39 is 14.8 Å². The maximum Gasteiger partial charge on any atom is 0.425 e. The van der Waals surface area contributed by atoms with Gasteiger partial charge in [-0.05, 0) is 20.0 Å². The first-order valence-electron chi connectivity index (χ1n) is 4.61. The quantitative estimate of drug-likeness (QED) is 0.285. The monoisotopic (exact) mass is 201 g/mol. The van der Waals surface area contributed by atoms with Crippen LogP contribution in [0.3, 0.4) is 0 Å². The normalized spacial score (nSPS) is 11.9. The maximum atomic E-state index is 9.03. The number of hydrogen-bond donors (Lipinski definition) is 0. The molecule has 0 rings (SSSR count). The van der Waals surface area contributed by atoms with Gasteiger partial charge in [-0.15, -0.1) is 0 Å². The fourth-order valence-electron chi connectivity index (χ4n) is 0.934. The van der Waals surface area contributed by atoms with E-state index in [1.807, 2.05) is 19.6 Å². The number of ketones is 1. The zero-order valence-electron chi connectivity index (χ0n) is 8.83. The average Bonchev–Trinajstić information content (AvgIpc) is 2.02. The first-order valence-corrected chi connectivity index (χ1v) is 6.71. The van der Waals surface area contributed by atoms with Gasteiger partial charge in [0.1, 0.15) is 0 Å². The van der Waals surface area contributed by atoms with Crippen molar-refractivity contribution in [2.75, 3.05) is 6.61 Å². The second-order valence-corrected chi connectivity index (χ2v) is 4.45. The fourth-order valence-corrected chi connectivity index (χ4v) is 2.13. The van der Waals surface area contributed by atoms with Gasteiger partial charge in [0.25, 0.3) is 0 Å². The minimum atomic E-state index is -1.53. The van der Waals surface area contributed by atoms with Gasteiger partial charge in [0.15, 0.2) is 0 Å². The van der Waals surface area contributed by atoms with Crippen molar-refractivity contribution in [1.29, 1.82) is 0 Å². The van der Waals surface area contributed by atoms with Crippen LogP contribution in [0.15, 0.2) is 11.8 Å². The van der Waals surface area contributed by atoms with Crippen molar-refractivity contribution in [1.82, 2.24) is 0 Å². The van der Waals surface area contributed by atoms with Crippen molar-refractivity contribution in [3.63, 3.8) is 0 Å². The zero-order chi connectivity index (χ0) is 10.3. The Labute approximate surface area is 84.8 Å². The summed E-state index contributed by atoms with van der Waals surface area (Å²) in [5.74, 6) is 3.04. The van der Waals surface area contributed by atoms with Gasteiger partial charge in [-0.3, -0.25) is 4.79 Å². The van der Waals surface area contributed by atoms with E-state index >= 15 is 0 Å². The van der Waals surface area contributed by atoms with Crippen LogP contribution in [-0.4, -0.2) is 32.0 Å². The summed E-state index contributed by atoms with van der Waals surface area (Å²) in [4.78, 5) is 9.03. The molecule has 13 heavy (non-hydrogen) atoms. The zero-order valence-corrected chi connectivity index (χ0v) is 9.99. The molecule has 0 aromatic rings. The SMILES string of the molecule is CC[O][Al-]([CH3])[O]C(=CC(C)=[OH+])CC. The van der Waals surface area contributed by atoms with Crippen molar-refractivity contribution >= 4 is 20.6 Å².